The van der Waals surface area contributed by atoms with Crippen LogP contribution >= 0.6 is 39.1 Å². The average Bonchev–Trinajstić information content (AvgIpc) is 2.42. The molecule has 4 nitrogen and oxygen atoms in total. The van der Waals surface area contributed by atoms with E-state index in [2.05, 4.69) is 26.2 Å². The fraction of sp³-hybridized carbons (Fsp3) is 0. The zero-order valence-electron chi connectivity index (χ0n) is 9.65. The van der Waals surface area contributed by atoms with Crippen molar-refractivity contribution in [2.24, 2.45) is 5.84 Å². The molecule has 0 saturated heterocycles. The van der Waals surface area contributed by atoms with E-state index in [1.165, 1.54) is 0 Å². The van der Waals surface area contributed by atoms with Crippen LogP contribution in [0.3, 0.4) is 0 Å². The van der Waals surface area contributed by atoms with Gasteiger partial charge in [-0.2, -0.15) is 0 Å². The third-order valence-electron chi connectivity index (χ3n) is 2.35. The van der Waals surface area contributed by atoms with Crippen molar-refractivity contribution in [1.82, 2.24) is 4.98 Å². The number of rotatable bonds is 3. The summed E-state index contributed by atoms with van der Waals surface area (Å²) in [5.74, 6) is 2.75. The number of hydrazine groups is 1. The highest BCUT2D eigenvalue weighted by atomic mass is 79.9. The van der Waals surface area contributed by atoms with Crippen molar-refractivity contribution in [2.45, 2.75) is 0 Å². The molecule has 0 fully saturated rings. The molecule has 0 aliphatic heterocycles. The maximum atomic E-state index is 13.6. The Kier molecular flexibility index (Phi) is 4.64. The average molecular weight is 384 g/mol. The van der Waals surface area contributed by atoms with Crippen LogP contribution in [0.25, 0.3) is 0 Å². The molecule has 9 heteroatoms. The predicted molar refractivity (Wildman–Crippen MR) is 79.4 cm³/mol. The fourth-order valence-electron chi connectivity index (χ4n) is 1.41. The van der Waals surface area contributed by atoms with Gasteiger partial charge in [0.1, 0.15) is 0 Å². The summed E-state index contributed by atoms with van der Waals surface area (Å²) in [4.78, 5) is 3.67. The number of hydrogen-bond acceptors (Lipinski definition) is 4. The van der Waals surface area contributed by atoms with Gasteiger partial charge in [-0.3, -0.25) is 0 Å². The Morgan fingerprint density at radius 3 is 2.40 bits per heavy atom. The molecular formula is C11H7BrCl2F2N4. The number of nitrogens with one attached hydrogen (secondary N) is 2. The summed E-state index contributed by atoms with van der Waals surface area (Å²) in [5, 5.41) is 3.06. The Morgan fingerprint density at radius 1 is 1.10 bits per heavy atom. The number of anilines is 3. The van der Waals surface area contributed by atoms with Crippen LogP contribution in [-0.4, -0.2) is 4.98 Å². The summed E-state index contributed by atoms with van der Waals surface area (Å²) in [7, 11) is 0. The van der Waals surface area contributed by atoms with E-state index in [1.54, 1.807) is 12.1 Å². The number of aromatic nitrogens is 1. The van der Waals surface area contributed by atoms with Gasteiger partial charge in [0.15, 0.2) is 23.3 Å². The zero-order valence-corrected chi connectivity index (χ0v) is 12.7. The van der Waals surface area contributed by atoms with Gasteiger partial charge in [0.05, 0.1) is 15.7 Å². The molecule has 106 valence electrons. The van der Waals surface area contributed by atoms with Crippen LogP contribution in [0, 0.1) is 11.6 Å². The Labute approximate surface area is 131 Å². The van der Waals surface area contributed by atoms with Gasteiger partial charge in [-0.1, -0.05) is 23.2 Å². The lowest BCUT2D eigenvalue weighted by Gasteiger charge is -2.12. The van der Waals surface area contributed by atoms with Crippen molar-refractivity contribution >= 4 is 56.5 Å². The summed E-state index contributed by atoms with van der Waals surface area (Å²) >= 11 is 15.2. The molecule has 0 aliphatic rings. The van der Waals surface area contributed by atoms with Crippen LogP contribution in [-0.2, 0) is 0 Å². The molecule has 0 spiro atoms. The topological polar surface area (TPSA) is 63.0 Å². The van der Waals surface area contributed by atoms with Gasteiger partial charge in [0, 0.05) is 10.5 Å². The van der Waals surface area contributed by atoms with Crippen molar-refractivity contribution < 1.29 is 8.78 Å². The third-order valence-corrected chi connectivity index (χ3v) is 4.13. The molecule has 0 radical (unpaired) electrons. The number of hydrogen-bond donors (Lipinski definition) is 3. The lowest BCUT2D eigenvalue weighted by Crippen LogP contribution is -2.12. The largest absolute Gasteiger partial charge is 0.336 e. The van der Waals surface area contributed by atoms with E-state index in [1.807, 2.05) is 5.43 Å². The second-order valence-corrected chi connectivity index (χ2v) is 5.25. The minimum absolute atomic E-state index is 0.175. The monoisotopic (exact) mass is 382 g/mol. The summed E-state index contributed by atoms with van der Waals surface area (Å²) in [5.41, 5.74) is 2.34. The van der Waals surface area contributed by atoms with Crippen LogP contribution in [0.15, 0.2) is 22.7 Å². The van der Waals surface area contributed by atoms with E-state index in [0.29, 0.717) is 16.2 Å². The predicted octanol–water partition coefficient (Wildman–Crippen LogP) is 4.46. The zero-order chi connectivity index (χ0) is 14.9. The number of halogens is 5. The van der Waals surface area contributed by atoms with Gasteiger partial charge in [0.25, 0.3) is 0 Å². The molecule has 20 heavy (non-hydrogen) atoms. The molecule has 0 amide bonds. The van der Waals surface area contributed by atoms with Crippen molar-refractivity contribution in [2.75, 3.05) is 10.7 Å². The van der Waals surface area contributed by atoms with E-state index in [-0.39, 0.29) is 21.7 Å². The van der Waals surface area contributed by atoms with Crippen LogP contribution in [0.1, 0.15) is 0 Å². The maximum absolute atomic E-state index is 13.6. The third kappa shape index (κ3) is 2.95. The van der Waals surface area contributed by atoms with Gasteiger partial charge in [0.2, 0.25) is 0 Å². The van der Waals surface area contributed by atoms with Crippen molar-refractivity contribution in [3.05, 3.63) is 44.4 Å². The lowest BCUT2D eigenvalue weighted by molar-refractivity contribution is 0.579. The minimum Gasteiger partial charge on any atom is -0.336 e. The molecule has 4 N–H and O–H groups in total. The van der Waals surface area contributed by atoms with E-state index in [4.69, 9.17) is 29.0 Å². The molecule has 1 heterocycles. The second-order valence-electron chi connectivity index (χ2n) is 3.64. The molecule has 2 aromatic rings. The van der Waals surface area contributed by atoms with Crippen LogP contribution in [0.5, 0.6) is 0 Å². The van der Waals surface area contributed by atoms with E-state index in [0.717, 1.165) is 0 Å². The van der Waals surface area contributed by atoms with Crippen LogP contribution in [0.4, 0.5) is 26.1 Å². The number of nitrogens with two attached hydrogens (primary N) is 1. The summed E-state index contributed by atoms with van der Waals surface area (Å²) in [6.07, 6.45) is 0. The quantitative estimate of drug-likeness (QED) is 0.416. The first-order valence-electron chi connectivity index (χ1n) is 5.17. The molecule has 0 aliphatic carbocycles. The van der Waals surface area contributed by atoms with Gasteiger partial charge < -0.3 is 10.7 Å². The first kappa shape index (κ1) is 15.2. The Morgan fingerprint density at radius 2 is 1.75 bits per heavy atom. The Balaban J connectivity index is 2.42. The van der Waals surface area contributed by atoms with E-state index in [9.17, 15) is 8.78 Å². The minimum atomic E-state index is -0.907. The van der Waals surface area contributed by atoms with Gasteiger partial charge in [-0.05, 0) is 28.1 Å². The summed E-state index contributed by atoms with van der Waals surface area (Å²) in [6.45, 7) is 0. The second kappa shape index (κ2) is 6.09. The van der Waals surface area contributed by atoms with Crippen LogP contribution in [0.2, 0.25) is 10.0 Å². The maximum Gasteiger partial charge on any atom is 0.178 e. The fourth-order valence-corrected chi connectivity index (χ4v) is 2.23. The molecule has 0 atom stereocenters. The Bertz CT molecular complexity index is 669. The normalized spacial score (nSPS) is 10.5. The first-order chi connectivity index (χ1) is 9.43. The van der Waals surface area contributed by atoms with Gasteiger partial charge in [-0.15, -0.1) is 0 Å². The molecule has 1 aromatic carbocycles. The SMILES string of the molecule is NNc1nc(Nc2ccc(Br)c(Cl)c2Cl)c(F)cc1F. The van der Waals surface area contributed by atoms with Crippen molar-refractivity contribution in [3.8, 4) is 0 Å². The molecule has 1 aromatic heterocycles. The highest BCUT2D eigenvalue weighted by molar-refractivity contribution is 9.10. The molecule has 0 bridgehead atoms. The smallest absolute Gasteiger partial charge is 0.178 e. The van der Waals surface area contributed by atoms with Crippen molar-refractivity contribution in [1.29, 1.82) is 0 Å². The highest BCUT2D eigenvalue weighted by Gasteiger charge is 2.14. The molecular weight excluding hydrogens is 377 g/mol. The molecule has 2 rings (SSSR count). The highest BCUT2D eigenvalue weighted by Crippen LogP contribution is 2.37. The van der Waals surface area contributed by atoms with Crippen molar-refractivity contribution in [3.63, 3.8) is 0 Å². The molecule has 0 saturated carbocycles. The standard InChI is InChI=1S/C11H7BrCl2F2N4/c12-4-1-2-7(9(14)8(4)13)18-10-5(15)3-6(16)11(19-10)20-17/h1-3H,17H2,(H2,18,19,20). The number of pyridine rings is 1. The van der Waals surface area contributed by atoms with Gasteiger partial charge in [-0.25, -0.2) is 19.6 Å². The summed E-state index contributed by atoms with van der Waals surface area (Å²) < 4.78 is 27.5. The number of nitrogens with zero attached hydrogens (tertiary/aromatic N) is 1. The Hall–Kier alpha value is -1.15. The van der Waals surface area contributed by atoms with Crippen LogP contribution < -0.4 is 16.6 Å². The summed E-state index contributed by atoms with van der Waals surface area (Å²) in [6, 6.07) is 3.84. The van der Waals surface area contributed by atoms with Gasteiger partial charge >= 0.3 is 0 Å². The first-order valence-corrected chi connectivity index (χ1v) is 6.72. The van der Waals surface area contributed by atoms with E-state index >= 15 is 0 Å². The number of benzene rings is 1. The lowest BCUT2D eigenvalue weighted by atomic mass is 10.3. The number of nitrogen functional groups attached to an aromatic ring is 1. The van der Waals surface area contributed by atoms with E-state index < -0.39 is 11.6 Å². The molecule has 0 unspecified atom stereocenters.